The number of aromatic nitrogens is 3. The van der Waals surface area contributed by atoms with Crippen molar-refractivity contribution < 1.29 is 9.53 Å². The van der Waals surface area contributed by atoms with E-state index in [0.29, 0.717) is 17.1 Å². The van der Waals surface area contributed by atoms with Crippen LogP contribution < -0.4 is 15.4 Å². The van der Waals surface area contributed by atoms with Gasteiger partial charge in [-0.15, -0.1) is 10.2 Å². The van der Waals surface area contributed by atoms with E-state index in [1.54, 1.807) is 23.0 Å². The van der Waals surface area contributed by atoms with Crippen molar-refractivity contribution in [2.24, 2.45) is 0 Å². The number of aryl methyl sites for hydroxylation is 1. The van der Waals surface area contributed by atoms with Crippen LogP contribution in [0.25, 0.3) is 22.8 Å². The Kier molecular flexibility index (Phi) is 7.20. The molecule has 0 aliphatic carbocycles. The number of thiocarbonyl (C=S) groups is 1. The third-order valence-electron chi connectivity index (χ3n) is 4.89. The van der Waals surface area contributed by atoms with Gasteiger partial charge in [0.2, 0.25) is 5.91 Å². The standard InChI is InChI=1S/C25H22ClN5O2S/c1-3-33-20-11-9-19(10-12-20)31-29-22-14-16(2)21(15-23(22)30-31)27-25(34)28-24(32)13-6-17-4-7-18(26)8-5-17/h4-15H,3H2,1-2H3,(H2,27,28,32,34). The Bertz CT molecular complexity index is 1360. The summed E-state index contributed by atoms with van der Waals surface area (Å²) < 4.78 is 5.48. The summed E-state index contributed by atoms with van der Waals surface area (Å²) in [4.78, 5) is 13.8. The number of fused-ring (bicyclic) bond motifs is 1. The molecule has 1 heterocycles. The maximum absolute atomic E-state index is 12.2. The minimum Gasteiger partial charge on any atom is -0.494 e. The number of carbonyl (C=O) groups excluding carboxylic acids is 1. The molecular weight excluding hydrogens is 470 g/mol. The van der Waals surface area contributed by atoms with Gasteiger partial charge in [-0.25, -0.2) is 0 Å². The highest BCUT2D eigenvalue weighted by atomic mass is 35.5. The van der Waals surface area contributed by atoms with Crippen LogP contribution in [0.4, 0.5) is 5.69 Å². The molecule has 0 fully saturated rings. The second-order valence-corrected chi connectivity index (χ2v) is 8.25. The van der Waals surface area contributed by atoms with E-state index in [1.165, 1.54) is 6.08 Å². The van der Waals surface area contributed by atoms with E-state index in [1.807, 2.05) is 62.4 Å². The summed E-state index contributed by atoms with van der Waals surface area (Å²) in [5.74, 6) is 0.455. The number of carbonyl (C=O) groups is 1. The monoisotopic (exact) mass is 491 g/mol. The quantitative estimate of drug-likeness (QED) is 0.281. The minimum atomic E-state index is -0.340. The molecular formula is C25H22ClN5O2S. The van der Waals surface area contributed by atoms with Gasteiger partial charge in [0.1, 0.15) is 16.8 Å². The van der Waals surface area contributed by atoms with Crippen molar-refractivity contribution in [2.75, 3.05) is 11.9 Å². The highest BCUT2D eigenvalue weighted by Crippen LogP contribution is 2.23. The topological polar surface area (TPSA) is 81.1 Å². The van der Waals surface area contributed by atoms with Gasteiger partial charge in [-0.1, -0.05) is 23.7 Å². The van der Waals surface area contributed by atoms with E-state index in [4.69, 9.17) is 28.6 Å². The molecule has 1 amide bonds. The van der Waals surface area contributed by atoms with Gasteiger partial charge in [0.15, 0.2) is 5.11 Å². The van der Waals surface area contributed by atoms with E-state index >= 15 is 0 Å². The third-order valence-corrected chi connectivity index (χ3v) is 5.34. The Morgan fingerprint density at radius 3 is 2.44 bits per heavy atom. The van der Waals surface area contributed by atoms with E-state index in [-0.39, 0.29) is 11.0 Å². The van der Waals surface area contributed by atoms with Crippen LogP contribution in [0.1, 0.15) is 18.1 Å². The Hall–Kier alpha value is -3.75. The summed E-state index contributed by atoms with van der Waals surface area (Å²) in [6, 6.07) is 18.5. The lowest BCUT2D eigenvalue weighted by molar-refractivity contribution is -0.115. The van der Waals surface area contributed by atoms with Crippen molar-refractivity contribution in [1.29, 1.82) is 0 Å². The summed E-state index contributed by atoms with van der Waals surface area (Å²) in [7, 11) is 0. The third kappa shape index (κ3) is 5.78. The van der Waals surface area contributed by atoms with Crippen molar-refractivity contribution in [3.63, 3.8) is 0 Å². The van der Waals surface area contributed by atoms with Gasteiger partial charge in [0.25, 0.3) is 0 Å². The van der Waals surface area contributed by atoms with E-state index < -0.39 is 0 Å². The molecule has 0 saturated carbocycles. The molecule has 4 rings (SSSR count). The Morgan fingerprint density at radius 2 is 1.76 bits per heavy atom. The predicted molar refractivity (Wildman–Crippen MR) is 140 cm³/mol. The average Bonchev–Trinajstić information content (AvgIpc) is 3.22. The van der Waals surface area contributed by atoms with E-state index in [9.17, 15) is 4.79 Å². The zero-order valence-corrected chi connectivity index (χ0v) is 20.2. The van der Waals surface area contributed by atoms with Gasteiger partial charge in [-0.3, -0.25) is 10.1 Å². The molecule has 0 atom stereocenters. The number of ether oxygens (including phenoxy) is 1. The Balaban J connectivity index is 1.44. The zero-order valence-electron chi connectivity index (χ0n) is 18.6. The van der Waals surface area contributed by atoms with Crippen LogP contribution in [0.3, 0.4) is 0 Å². The van der Waals surface area contributed by atoms with Crippen molar-refractivity contribution in [2.45, 2.75) is 13.8 Å². The van der Waals surface area contributed by atoms with Crippen LogP contribution in [0.2, 0.25) is 5.02 Å². The Labute approximate surface area is 207 Å². The van der Waals surface area contributed by atoms with Crippen molar-refractivity contribution in [1.82, 2.24) is 20.3 Å². The normalized spacial score (nSPS) is 11.0. The molecule has 7 nitrogen and oxygen atoms in total. The molecule has 172 valence electrons. The van der Waals surface area contributed by atoms with Crippen LogP contribution in [-0.2, 0) is 4.79 Å². The number of hydrogen-bond donors (Lipinski definition) is 2. The summed E-state index contributed by atoms with van der Waals surface area (Å²) in [5.41, 5.74) is 4.77. The number of hydrogen-bond acceptors (Lipinski definition) is 5. The molecule has 0 bridgehead atoms. The van der Waals surface area contributed by atoms with Gasteiger partial charge >= 0.3 is 0 Å². The van der Waals surface area contributed by atoms with E-state index in [0.717, 1.165) is 33.8 Å². The molecule has 3 aromatic carbocycles. The number of amides is 1. The molecule has 1 aromatic heterocycles. The summed E-state index contributed by atoms with van der Waals surface area (Å²) in [5, 5.41) is 15.7. The summed E-state index contributed by atoms with van der Waals surface area (Å²) >= 11 is 11.2. The van der Waals surface area contributed by atoms with Gasteiger partial charge in [0, 0.05) is 16.8 Å². The second kappa shape index (κ2) is 10.5. The van der Waals surface area contributed by atoms with Crippen molar-refractivity contribution in [3.8, 4) is 11.4 Å². The molecule has 0 aliphatic heterocycles. The number of nitrogens with one attached hydrogen (secondary N) is 2. The minimum absolute atomic E-state index is 0.187. The lowest BCUT2D eigenvalue weighted by Gasteiger charge is -2.10. The first-order valence-electron chi connectivity index (χ1n) is 10.6. The van der Waals surface area contributed by atoms with Crippen LogP contribution >= 0.6 is 23.8 Å². The van der Waals surface area contributed by atoms with Gasteiger partial charge in [0.05, 0.1) is 12.3 Å². The van der Waals surface area contributed by atoms with E-state index in [2.05, 4.69) is 20.8 Å². The van der Waals surface area contributed by atoms with Gasteiger partial charge < -0.3 is 10.1 Å². The summed E-state index contributed by atoms with van der Waals surface area (Å²) in [6.07, 6.45) is 3.10. The Morgan fingerprint density at radius 1 is 1.09 bits per heavy atom. The number of benzene rings is 3. The first kappa shape index (κ1) is 23.4. The molecule has 0 unspecified atom stereocenters. The highest BCUT2D eigenvalue weighted by Gasteiger charge is 2.10. The highest BCUT2D eigenvalue weighted by molar-refractivity contribution is 7.80. The smallest absolute Gasteiger partial charge is 0.250 e. The lowest BCUT2D eigenvalue weighted by atomic mass is 10.2. The van der Waals surface area contributed by atoms with Crippen molar-refractivity contribution >= 4 is 57.6 Å². The molecule has 4 aromatic rings. The number of anilines is 1. The molecule has 9 heteroatoms. The molecule has 0 radical (unpaired) electrons. The fraction of sp³-hybridized carbons (Fsp3) is 0.120. The van der Waals surface area contributed by atoms with Gasteiger partial charge in [-0.05, 0) is 91.8 Å². The SMILES string of the molecule is CCOc1ccc(-n2nc3cc(C)c(NC(=S)NC(=O)C=Cc4ccc(Cl)cc4)cc3n2)cc1. The first-order chi connectivity index (χ1) is 16.4. The lowest BCUT2D eigenvalue weighted by Crippen LogP contribution is -2.33. The second-order valence-electron chi connectivity index (χ2n) is 7.40. The number of rotatable bonds is 6. The molecule has 0 saturated heterocycles. The maximum Gasteiger partial charge on any atom is 0.250 e. The summed E-state index contributed by atoms with van der Waals surface area (Å²) in [6.45, 7) is 4.49. The molecule has 0 spiro atoms. The molecule has 2 N–H and O–H groups in total. The predicted octanol–water partition coefficient (Wildman–Crippen LogP) is 5.31. The zero-order chi connectivity index (χ0) is 24.1. The molecule has 0 aliphatic rings. The number of nitrogens with zero attached hydrogens (tertiary/aromatic N) is 3. The number of halogens is 1. The molecule has 34 heavy (non-hydrogen) atoms. The maximum atomic E-state index is 12.2. The largest absolute Gasteiger partial charge is 0.494 e. The van der Waals surface area contributed by atoms with Crippen molar-refractivity contribution in [3.05, 3.63) is 82.9 Å². The fourth-order valence-electron chi connectivity index (χ4n) is 3.21. The first-order valence-corrected chi connectivity index (χ1v) is 11.4. The van der Waals surface area contributed by atoms with Gasteiger partial charge in [-0.2, -0.15) is 4.80 Å². The van der Waals surface area contributed by atoms with Crippen LogP contribution in [0.15, 0.2) is 66.7 Å². The van der Waals surface area contributed by atoms with Crippen LogP contribution in [-0.4, -0.2) is 32.6 Å². The fourth-order valence-corrected chi connectivity index (χ4v) is 3.55. The average molecular weight is 492 g/mol. The van der Waals surface area contributed by atoms with Crippen LogP contribution in [0.5, 0.6) is 5.75 Å². The van der Waals surface area contributed by atoms with Crippen LogP contribution in [0, 0.1) is 6.92 Å².